The molecule has 1 unspecified atom stereocenters. The van der Waals surface area contributed by atoms with Gasteiger partial charge in [-0.3, -0.25) is 9.59 Å². The standard InChI is InChI=1S/C13H20N2O6S/c1-7(6-22-8(2)16)11(17)15-5-9(21-13(20)14-3)4-10(15)12(18)19/h7,9-10H,4-6H2,1-3H3,(H,14,20)(H,18,19)/t7?,9-,10+/m1/s1. The summed E-state index contributed by atoms with van der Waals surface area (Å²) < 4.78 is 5.03. The Hall–Kier alpha value is -1.77. The Bertz CT molecular complexity index is 469. The number of carboxylic acid groups (broad SMARTS) is 1. The van der Waals surface area contributed by atoms with Crippen LogP contribution in [0.25, 0.3) is 0 Å². The molecule has 0 aromatic heterocycles. The van der Waals surface area contributed by atoms with Gasteiger partial charge in [0.05, 0.1) is 6.54 Å². The van der Waals surface area contributed by atoms with Crippen molar-refractivity contribution in [1.29, 1.82) is 0 Å². The van der Waals surface area contributed by atoms with Gasteiger partial charge in [0.2, 0.25) is 5.91 Å². The predicted octanol–water partition coefficient (Wildman–Crippen LogP) is 0.312. The molecule has 124 valence electrons. The summed E-state index contributed by atoms with van der Waals surface area (Å²) in [4.78, 5) is 47.0. The number of nitrogens with zero attached hydrogens (tertiary/aromatic N) is 1. The number of rotatable bonds is 5. The summed E-state index contributed by atoms with van der Waals surface area (Å²) in [5, 5.41) is 11.4. The Morgan fingerprint density at radius 1 is 1.41 bits per heavy atom. The number of aliphatic carboxylic acids is 1. The lowest BCUT2D eigenvalue weighted by Gasteiger charge is -2.24. The number of amides is 2. The molecule has 22 heavy (non-hydrogen) atoms. The molecule has 0 aromatic rings. The minimum atomic E-state index is -1.14. The van der Waals surface area contributed by atoms with Gasteiger partial charge >= 0.3 is 12.1 Å². The van der Waals surface area contributed by atoms with Crippen LogP contribution in [0.1, 0.15) is 20.3 Å². The minimum Gasteiger partial charge on any atom is -0.480 e. The van der Waals surface area contributed by atoms with Gasteiger partial charge in [-0.05, 0) is 0 Å². The maximum atomic E-state index is 12.4. The largest absolute Gasteiger partial charge is 0.480 e. The molecule has 1 heterocycles. The van der Waals surface area contributed by atoms with Gasteiger partial charge in [0.25, 0.3) is 0 Å². The molecule has 0 aromatic carbocycles. The molecule has 1 fully saturated rings. The number of likely N-dealkylation sites (tertiary alicyclic amines) is 1. The number of thioether (sulfide) groups is 1. The Kier molecular flexibility index (Phi) is 6.66. The summed E-state index contributed by atoms with van der Waals surface area (Å²) in [6.07, 6.45) is -1.26. The fourth-order valence-electron chi connectivity index (χ4n) is 2.17. The van der Waals surface area contributed by atoms with E-state index < -0.39 is 30.1 Å². The van der Waals surface area contributed by atoms with Crippen molar-refractivity contribution in [2.75, 3.05) is 19.3 Å². The predicted molar refractivity (Wildman–Crippen MR) is 79.4 cm³/mol. The van der Waals surface area contributed by atoms with Gasteiger partial charge in [-0.15, -0.1) is 0 Å². The van der Waals surface area contributed by atoms with Crippen molar-refractivity contribution in [3.8, 4) is 0 Å². The quantitative estimate of drug-likeness (QED) is 0.745. The number of alkyl carbamates (subject to hydrolysis) is 1. The second-order valence-electron chi connectivity index (χ2n) is 5.06. The maximum Gasteiger partial charge on any atom is 0.407 e. The molecule has 0 aliphatic carbocycles. The Labute approximate surface area is 132 Å². The number of ether oxygens (including phenoxy) is 1. The number of carboxylic acids is 1. The molecule has 1 saturated heterocycles. The summed E-state index contributed by atoms with van der Waals surface area (Å²) in [7, 11) is 1.40. The van der Waals surface area contributed by atoms with E-state index in [1.165, 1.54) is 18.9 Å². The smallest absolute Gasteiger partial charge is 0.407 e. The van der Waals surface area contributed by atoms with Crippen LogP contribution in [-0.4, -0.2) is 64.6 Å². The van der Waals surface area contributed by atoms with Crippen LogP contribution in [0.15, 0.2) is 0 Å². The Morgan fingerprint density at radius 2 is 2.05 bits per heavy atom. The van der Waals surface area contributed by atoms with Crippen LogP contribution in [-0.2, 0) is 19.1 Å². The second kappa shape index (κ2) is 8.02. The van der Waals surface area contributed by atoms with Crippen LogP contribution >= 0.6 is 11.8 Å². The fourth-order valence-corrected chi connectivity index (χ4v) is 2.79. The molecule has 1 rings (SSSR count). The second-order valence-corrected chi connectivity index (χ2v) is 6.26. The molecule has 9 heteroatoms. The summed E-state index contributed by atoms with van der Waals surface area (Å²) in [6, 6.07) is -1.02. The van der Waals surface area contributed by atoms with E-state index in [0.717, 1.165) is 11.8 Å². The first-order chi connectivity index (χ1) is 10.3. The van der Waals surface area contributed by atoms with E-state index in [1.807, 2.05) is 0 Å². The molecule has 1 aliphatic heterocycles. The van der Waals surface area contributed by atoms with Crippen molar-refractivity contribution in [3.05, 3.63) is 0 Å². The van der Waals surface area contributed by atoms with Gasteiger partial charge in [-0.25, -0.2) is 9.59 Å². The lowest BCUT2D eigenvalue weighted by atomic mass is 10.1. The average molecular weight is 332 g/mol. The zero-order valence-electron chi connectivity index (χ0n) is 12.7. The minimum absolute atomic E-state index is 0.0400. The van der Waals surface area contributed by atoms with Gasteiger partial charge in [0.1, 0.15) is 12.1 Å². The first-order valence-electron chi connectivity index (χ1n) is 6.81. The van der Waals surface area contributed by atoms with Crippen molar-refractivity contribution in [3.63, 3.8) is 0 Å². The number of nitrogens with one attached hydrogen (secondary N) is 1. The van der Waals surface area contributed by atoms with Crippen LogP contribution < -0.4 is 5.32 Å². The van der Waals surface area contributed by atoms with Crippen LogP contribution in [0.2, 0.25) is 0 Å². The highest BCUT2D eigenvalue weighted by atomic mass is 32.2. The third-order valence-corrected chi connectivity index (χ3v) is 4.34. The summed E-state index contributed by atoms with van der Waals surface area (Å²) in [5.74, 6) is -1.70. The van der Waals surface area contributed by atoms with Gasteiger partial charge in [0.15, 0.2) is 5.12 Å². The zero-order valence-corrected chi connectivity index (χ0v) is 13.5. The monoisotopic (exact) mass is 332 g/mol. The van der Waals surface area contributed by atoms with Gasteiger partial charge in [-0.2, -0.15) is 0 Å². The van der Waals surface area contributed by atoms with Gasteiger partial charge < -0.3 is 20.1 Å². The van der Waals surface area contributed by atoms with Crippen LogP contribution in [0.5, 0.6) is 0 Å². The first kappa shape index (κ1) is 18.3. The summed E-state index contributed by atoms with van der Waals surface area (Å²) in [6.45, 7) is 3.09. The van der Waals surface area contributed by atoms with E-state index in [0.29, 0.717) is 0 Å². The third-order valence-electron chi connectivity index (χ3n) is 3.27. The Morgan fingerprint density at radius 3 is 2.55 bits per heavy atom. The third kappa shape index (κ3) is 4.90. The van der Waals surface area contributed by atoms with Crippen molar-refractivity contribution in [2.24, 2.45) is 5.92 Å². The highest BCUT2D eigenvalue weighted by Gasteiger charge is 2.42. The molecule has 0 bridgehead atoms. The highest BCUT2D eigenvalue weighted by Crippen LogP contribution is 2.24. The molecule has 2 N–H and O–H groups in total. The lowest BCUT2D eigenvalue weighted by molar-refractivity contribution is -0.149. The Balaban J connectivity index is 2.72. The van der Waals surface area contributed by atoms with E-state index in [2.05, 4.69) is 5.32 Å². The average Bonchev–Trinajstić information content (AvgIpc) is 2.87. The van der Waals surface area contributed by atoms with Crippen LogP contribution in [0.4, 0.5) is 4.79 Å². The van der Waals surface area contributed by atoms with Crippen LogP contribution in [0.3, 0.4) is 0 Å². The first-order valence-corrected chi connectivity index (χ1v) is 7.79. The SMILES string of the molecule is CNC(=O)O[C@@H]1C[C@@H](C(=O)O)N(C(=O)C(C)CSC(C)=O)C1. The molecule has 2 amide bonds. The normalized spacial score (nSPS) is 22.0. The number of carbonyl (C=O) groups is 4. The zero-order chi connectivity index (χ0) is 16.9. The molecular formula is C13H20N2O6S. The van der Waals surface area contributed by atoms with Crippen molar-refractivity contribution >= 4 is 34.8 Å². The molecule has 0 radical (unpaired) electrons. The van der Waals surface area contributed by atoms with Gasteiger partial charge in [0, 0.05) is 32.1 Å². The van der Waals surface area contributed by atoms with E-state index in [-0.39, 0.29) is 29.7 Å². The summed E-state index contributed by atoms with van der Waals surface area (Å²) in [5.41, 5.74) is 0. The number of carbonyl (C=O) groups excluding carboxylic acids is 3. The van der Waals surface area contributed by atoms with Crippen molar-refractivity contribution in [1.82, 2.24) is 10.2 Å². The van der Waals surface area contributed by atoms with E-state index in [9.17, 15) is 24.3 Å². The molecular weight excluding hydrogens is 312 g/mol. The number of hydrogen-bond acceptors (Lipinski definition) is 6. The van der Waals surface area contributed by atoms with E-state index in [4.69, 9.17) is 4.74 Å². The molecule has 3 atom stereocenters. The van der Waals surface area contributed by atoms with E-state index >= 15 is 0 Å². The lowest BCUT2D eigenvalue weighted by Crippen LogP contribution is -2.43. The fraction of sp³-hybridized carbons (Fsp3) is 0.692. The van der Waals surface area contributed by atoms with Crippen molar-refractivity contribution < 1.29 is 29.0 Å². The van der Waals surface area contributed by atoms with Crippen LogP contribution in [0, 0.1) is 5.92 Å². The summed E-state index contributed by atoms with van der Waals surface area (Å²) >= 11 is 1.02. The van der Waals surface area contributed by atoms with E-state index in [1.54, 1.807) is 6.92 Å². The molecule has 1 aliphatic rings. The maximum absolute atomic E-state index is 12.4. The van der Waals surface area contributed by atoms with Gasteiger partial charge in [-0.1, -0.05) is 18.7 Å². The van der Waals surface area contributed by atoms with Crippen molar-refractivity contribution in [2.45, 2.75) is 32.4 Å². The number of hydrogen-bond donors (Lipinski definition) is 2. The topological polar surface area (TPSA) is 113 Å². The molecule has 0 saturated carbocycles. The molecule has 8 nitrogen and oxygen atoms in total. The molecule has 0 spiro atoms. The highest BCUT2D eigenvalue weighted by molar-refractivity contribution is 8.13.